The maximum Gasteiger partial charge on any atom is 0.395 e. The molecule has 5 nitrogen and oxygen atoms in total. The lowest BCUT2D eigenvalue weighted by Crippen LogP contribution is -2.21. The number of nitrogens with one attached hydrogen (secondary N) is 1. The monoisotopic (exact) mass is 425 g/mol. The van der Waals surface area contributed by atoms with Crippen LogP contribution in [-0.4, -0.2) is 26.6 Å². The van der Waals surface area contributed by atoms with E-state index in [0.717, 1.165) is 11.1 Å². The fourth-order valence-corrected chi connectivity index (χ4v) is 4.06. The second kappa shape index (κ2) is 8.75. The summed E-state index contributed by atoms with van der Waals surface area (Å²) < 4.78 is 41.2. The first-order chi connectivity index (χ1) is 14.9. The van der Waals surface area contributed by atoms with Gasteiger partial charge in [-0.05, 0) is 35.6 Å². The number of halogens is 3. The second-order valence-corrected chi connectivity index (χ2v) is 7.53. The number of H-pyrrole nitrogens is 1. The van der Waals surface area contributed by atoms with Gasteiger partial charge in [-0.3, -0.25) is 0 Å². The standard InChI is InChI=1S/C23H22F3N5/c24-23(25,26)19(16-10-5-2-6-11-16)13-7-12-17(15-8-3-1-4-9-15)18-14-20(27)28-22-21(18)29-31-30-22/h1-6,8-11,14,17,19H,7,12-13H2,(H3,27,28,29,30,31). The van der Waals surface area contributed by atoms with E-state index in [9.17, 15) is 13.2 Å². The number of fused-ring (bicyclic) bond motifs is 1. The molecule has 2 unspecified atom stereocenters. The largest absolute Gasteiger partial charge is 0.395 e. The van der Waals surface area contributed by atoms with Crippen molar-refractivity contribution in [3.05, 3.63) is 83.4 Å². The molecule has 0 saturated carbocycles. The van der Waals surface area contributed by atoms with Crippen LogP contribution in [0.15, 0.2) is 66.7 Å². The normalized spacial score (nSPS) is 13.9. The van der Waals surface area contributed by atoms with Gasteiger partial charge in [0.15, 0.2) is 0 Å². The highest BCUT2D eigenvalue weighted by Crippen LogP contribution is 2.40. The fraction of sp³-hybridized carbons (Fsp3) is 0.261. The van der Waals surface area contributed by atoms with E-state index in [4.69, 9.17) is 5.73 Å². The molecule has 0 aliphatic heterocycles. The Kier molecular flexibility index (Phi) is 5.88. The van der Waals surface area contributed by atoms with Gasteiger partial charge in [0.2, 0.25) is 5.65 Å². The van der Waals surface area contributed by atoms with Gasteiger partial charge in [-0.15, -0.1) is 5.10 Å². The number of nitrogens with two attached hydrogens (primary N) is 1. The van der Waals surface area contributed by atoms with Gasteiger partial charge < -0.3 is 5.73 Å². The molecule has 0 spiro atoms. The Morgan fingerprint density at radius 2 is 1.52 bits per heavy atom. The third-order valence-electron chi connectivity index (χ3n) is 5.50. The third-order valence-corrected chi connectivity index (χ3v) is 5.50. The number of rotatable bonds is 7. The molecule has 0 amide bonds. The van der Waals surface area contributed by atoms with Crippen molar-refractivity contribution in [3.63, 3.8) is 0 Å². The SMILES string of the molecule is Nc1cc(C(CCCC(c2ccccc2)C(F)(F)F)c2ccccc2)c2n[nH]nc2n1. The Hall–Kier alpha value is -3.42. The van der Waals surface area contributed by atoms with Crippen LogP contribution in [0, 0.1) is 0 Å². The van der Waals surface area contributed by atoms with Crippen LogP contribution >= 0.6 is 0 Å². The van der Waals surface area contributed by atoms with Gasteiger partial charge >= 0.3 is 6.18 Å². The minimum atomic E-state index is -4.30. The van der Waals surface area contributed by atoms with E-state index in [1.165, 1.54) is 12.1 Å². The Bertz CT molecular complexity index is 1130. The van der Waals surface area contributed by atoms with E-state index in [-0.39, 0.29) is 12.3 Å². The van der Waals surface area contributed by atoms with E-state index in [1.54, 1.807) is 24.3 Å². The summed E-state index contributed by atoms with van der Waals surface area (Å²) in [4.78, 5) is 4.18. The molecule has 0 bridgehead atoms. The van der Waals surface area contributed by atoms with E-state index >= 15 is 0 Å². The Morgan fingerprint density at radius 1 is 0.871 bits per heavy atom. The predicted molar refractivity (Wildman–Crippen MR) is 113 cm³/mol. The molecule has 4 aromatic rings. The van der Waals surface area contributed by atoms with Gasteiger partial charge in [0.25, 0.3) is 0 Å². The molecule has 2 heterocycles. The molecular formula is C23H22F3N5. The minimum Gasteiger partial charge on any atom is -0.384 e. The molecule has 8 heteroatoms. The molecule has 0 radical (unpaired) electrons. The van der Waals surface area contributed by atoms with Gasteiger partial charge in [0, 0.05) is 5.92 Å². The van der Waals surface area contributed by atoms with Gasteiger partial charge in [-0.25, -0.2) is 4.98 Å². The first-order valence-corrected chi connectivity index (χ1v) is 10.1. The van der Waals surface area contributed by atoms with Crippen molar-refractivity contribution in [2.24, 2.45) is 0 Å². The van der Waals surface area contributed by atoms with E-state index in [2.05, 4.69) is 20.4 Å². The van der Waals surface area contributed by atoms with Crippen LogP contribution in [0.2, 0.25) is 0 Å². The number of hydrogen-bond acceptors (Lipinski definition) is 4. The van der Waals surface area contributed by atoms with Crippen molar-refractivity contribution in [1.29, 1.82) is 0 Å². The number of nitrogens with zero attached hydrogens (tertiary/aromatic N) is 3. The van der Waals surface area contributed by atoms with E-state index in [1.807, 2.05) is 30.3 Å². The second-order valence-electron chi connectivity index (χ2n) is 7.53. The van der Waals surface area contributed by atoms with Crippen LogP contribution < -0.4 is 5.73 Å². The summed E-state index contributed by atoms with van der Waals surface area (Å²) in [5.74, 6) is -1.38. The highest BCUT2D eigenvalue weighted by Gasteiger charge is 2.40. The number of aromatic amines is 1. The summed E-state index contributed by atoms with van der Waals surface area (Å²) in [6.45, 7) is 0. The maximum atomic E-state index is 13.7. The molecule has 2 atom stereocenters. The highest BCUT2D eigenvalue weighted by molar-refractivity contribution is 5.77. The summed E-state index contributed by atoms with van der Waals surface area (Å²) >= 11 is 0. The summed E-state index contributed by atoms with van der Waals surface area (Å²) in [7, 11) is 0. The highest BCUT2D eigenvalue weighted by atomic mass is 19.4. The number of nitrogen functional groups attached to an aromatic ring is 1. The maximum absolute atomic E-state index is 13.7. The van der Waals surface area contributed by atoms with Crippen LogP contribution in [0.1, 0.15) is 47.8 Å². The van der Waals surface area contributed by atoms with Crippen LogP contribution in [0.5, 0.6) is 0 Å². The Labute approximate surface area is 177 Å². The zero-order valence-corrected chi connectivity index (χ0v) is 16.7. The van der Waals surface area contributed by atoms with Gasteiger partial charge in [0.1, 0.15) is 11.3 Å². The summed E-state index contributed by atoms with van der Waals surface area (Å²) in [5.41, 5.74) is 9.03. The summed E-state index contributed by atoms with van der Waals surface area (Å²) in [6.07, 6.45) is -3.42. The van der Waals surface area contributed by atoms with Crippen molar-refractivity contribution in [2.75, 3.05) is 5.73 Å². The van der Waals surface area contributed by atoms with Crippen molar-refractivity contribution >= 4 is 17.0 Å². The van der Waals surface area contributed by atoms with E-state index < -0.39 is 12.1 Å². The smallest absolute Gasteiger partial charge is 0.384 e. The molecule has 3 N–H and O–H groups in total. The van der Waals surface area contributed by atoms with Crippen LogP contribution in [0.25, 0.3) is 11.2 Å². The van der Waals surface area contributed by atoms with Gasteiger partial charge in [-0.1, -0.05) is 67.1 Å². The number of hydrogen-bond donors (Lipinski definition) is 2. The van der Waals surface area contributed by atoms with E-state index in [0.29, 0.717) is 35.4 Å². The lowest BCUT2D eigenvalue weighted by molar-refractivity contribution is -0.152. The number of alkyl halides is 3. The molecule has 2 aromatic carbocycles. The fourth-order valence-electron chi connectivity index (χ4n) is 4.06. The van der Waals surface area contributed by atoms with Gasteiger partial charge in [-0.2, -0.15) is 23.5 Å². The number of benzene rings is 2. The summed E-state index contributed by atoms with van der Waals surface area (Å²) in [5, 5.41) is 10.8. The van der Waals surface area contributed by atoms with Crippen LogP contribution in [-0.2, 0) is 0 Å². The van der Waals surface area contributed by atoms with Crippen LogP contribution in [0.4, 0.5) is 19.0 Å². The third kappa shape index (κ3) is 4.68. The molecule has 0 aliphatic carbocycles. The van der Waals surface area contributed by atoms with Crippen molar-refractivity contribution < 1.29 is 13.2 Å². The number of anilines is 1. The predicted octanol–water partition coefficient (Wildman–Crippen LogP) is 5.58. The van der Waals surface area contributed by atoms with Gasteiger partial charge in [0.05, 0.1) is 5.92 Å². The van der Waals surface area contributed by atoms with Crippen molar-refractivity contribution in [1.82, 2.24) is 20.4 Å². The first kappa shape index (κ1) is 20.8. The summed E-state index contributed by atoms with van der Waals surface area (Å²) in [6, 6.07) is 19.5. The molecule has 4 rings (SSSR count). The lowest BCUT2D eigenvalue weighted by atomic mass is 9.84. The Morgan fingerprint density at radius 3 is 2.16 bits per heavy atom. The number of aromatic nitrogens is 4. The van der Waals surface area contributed by atoms with Crippen molar-refractivity contribution in [2.45, 2.75) is 37.3 Å². The molecular weight excluding hydrogens is 403 g/mol. The first-order valence-electron chi connectivity index (χ1n) is 10.1. The quantitative estimate of drug-likeness (QED) is 0.405. The topological polar surface area (TPSA) is 80.5 Å². The molecule has 0 saturated heterocycles. The molecule has 31 heavy (non-hydrogen) atoms. The number of pyridine rings is 1. The van der Waals surface area contributed by atoms with Crippen LogP contribution in [0.3, 0.4) is 0 Å². The molecule has 0 aliphatic rings. The average Bonchev–Trinajstić information content (AvgIpc) is 3.22. The van der Waals surface area contributed by atoms with Crippen molar-refractivity contribution in [3.8, 4) is 0 Å². The zero-order valence-electron chi connectivity index (χ0n) is 16.7. The molecule has 160 valence electrons. The molecule has 0 fully saturated rings. The lowest BCUT2D eigenvalue weighted by Gasteiger charge is -2.23. The minimum absolute atomic E-state index is 0.000624. The average molecular weight is 425 g/mol. The Balaban J connectivity index is 1.62. The zero-order chi connectivity index (χ0) is 21.8. The molecule has 2 aromatic heterocycles.